The van der Waals surface area contributed by atoms with Gasteiger partial charge in [-0.05, 0) is 30.2 Å². The Labute approximate surface area is 132 Å². The summed E-state index contributed by atoms with van der Waals surface area (Å²) in [6.07, 6.45) is 5.15. The van der Waals surface area contributed by atoms with E-state index in [1.807, 2.05) is 24.3 Å². The van der Waals surface area contributed by atoms with Gasteiger partial charge in [-0.2, -0.15) is 0 Å². The van der Waals surface area contributed by atoms with Gasteiger partial charge in [0.15, 0.2) is 0 Å². The third-order valence-corrected chi connectivity index (χ3v) is 3.02. The Morgan fingerprint density at radius 1 is 0.952 bits per heavy atom. The number of aryl methyl sites for hydroxylation is 1. The fourth-order valence-corrected chi connectivity index (χ4v) is 1.89. The molecule has 110 valence electrons. The summed E-state index contributed by atoms with van der Waals surface area (Å²) in [6.45, 7) is 4.12. The summed E-state index contributed by atoms with van der Waals surface area (Å²) in [5, 5.41) is 3.43. The highest BCUT2D eigenvalue weighted by molar-refractivity contribution is 5.85. The fourth-order valence-electron chi connectivity index (χ4n) is 1.89. The molecule has 0 aliphatic carbocycles. The van der Waals surface area contributed by atoms with Gasteiger partial charge in [0.05, 0.1) is 0 Å². The van der Waals surface area contributed by atoms with Crippen LogP contribution in [0.25, 0.3) is 0 Å². The van der Waals surface area contributed by atoms with Gasteiger partial charge in [-0.25, -0.2) is 0 Å². The molecule has 2 rings (SSSR count). The van der Waals surface area contributed by atoms with Gasteiger partial charge in [0.25, 0.3) is 0 Å². The van der Waals surface area contributed by atoms with Crippen LogP contribution in [0.2, 0.25) is 0 Å². The largest absolute Gasteiger partial charge is 0.481 e. The topological polar surface area (TPSA) is 21.3 Å². The van der Waals surface area contributed by atoms with E-state index in [0.717, 1.165) is 18.8 Å². The van der Waals surface area contributed by atoms with Crippen LogP contribution >= 0.6 is 12.4 Å². The molecule has 2 aromatic rings. The van der Waals surface area contributed by atoms with Gasteiger partial charge in [0.1, 0.15) is 12.4 Å². The lowest BCUT2D eigenvalue weighted by molar-refractivity contribution is 0.370. The smallest absolute Gasteiger partial charge is 0.148 e. The molecule has 0 bridgehead atoms. The average Bonchev–Trinajstić information content (AvgIpc) is 2.48. The lowest BCUT2D eigenvalue weighted by Gasteiger charge is -2.07. The van der Waals surface area contributed by atoms with E-state index in [1.54, 1.807) is 0 Å². The quantitative estimate of drug-likeness (QED) is 0.821. The summed E-state index contributed by atoms with van der Waals surface area (Å²) in [5.74, 6) is 3.26. The first-order chi connectivity index (χ1) is 9.78. The van der Waals surface area contributed by atoms with Crippen LogP contribution in [0.5, 0.6) is 5.75 Å². The standard InChI is InChI=1S/C18H19NO.ClH/c1-3-12-20-18-10-8-17(9-11-18)14-19-13-16-6-4-15(2)5-7-16;/h1,4-11,19H,12-14H2,2H3;1H. The van der Waals surface area contributed by atoms with Gasteiger partial charge < -0.3 is 10.1 Å². The van der Waals surface area contributed by atoms with Crippen molar-refractivity contribution >= 4 is 12.4 Å². The third kappa shape index (κ3) is 5.91. The Kier molecular flexibility index (Phi) is 7.39. The first kappa shape index (κ1) is 17.1. The van der Waals surface area contributed by atoms with E-state index in [-0.39, 0.29) is 12.4 Å². The van der Waals surface area contributed by atoms with E-state index in [0.29, 0.717) is 6.61 Å². The van der Waals surface area contributed by atoms with Crippen molar-refractivity contribution in [3.63, 3.8) is 0 Å². The lowest BCUT2D eigenvalue weighted by Crippen LogP contribution is -2.12. The molecule has 0 saturated heterocycles. The molecule has 0 spiro atoms. The number of nitrogens with one attached hydrogen (secondary N) is 1. The monoisotopic (exact) mass is 301 g/mol. The van der Waals surface area contributed by atoms with Crippen molar-refractivity contribution in [2.24, 2.45) is 0 Å². The molecule has 0 aliphatic heterocycles. The molecule has 0 aromatic heterocycles. The number of benzene rings is 2. The Bertz CT molecular complexity index is 570. The van der Waals surface area contributed by atoms with E-state index >= 15 is 0 Å². The van der Waals surface area contributed by atoms with Crippen molar-refractivity contribution in [3.05, 3.63) is 65.2 Å². The maximum absolute atomic E-state index is 5.34. The average molecular weight is 302 g/mol. The minimum atomic E-state index is 0. The Hall–Kier alpha value is -1.95. The minimum Gasteiger partial charge on any atom is -0.481 e. The zero-order chi connectivity index (χ0) is 14.2. The lowest BCUT2D eigenvalue weighted by atomic mass is 10.1. The Balaban J connectivity index is 0.00000220. The van der Waals surface area contributed by atoms with Crippen molar-refractivity contribution in [3.8, 4) is 18.1 Å². The number of ether oxygens (including phenoxy) is 1. The predicted molar refractivity (Wildman–Crippen MR) is 89.7 cm³/mol. The van der Waals surface area contributed by atoms with Crippen LogP contribution in [0.1, 0.15) is 16.7 Å². The van der Waals surface area contributed by atoms with E-state index in [4.69, 9.17) is 11.2 Å². The van der Waals surface area contributed by atoms with Crippen molar-refractivity contribution < 1.29 is 4.74 Å². The minimum absolute atomic E-state index is 0. The normalized spacial score (nSPS) is 9.52. The van der Waals surface area contributed by atoms with Crippen LogP contribution in [0.4, 0.5) is 0 Å². The zero-order valence-electron chi connectivity index (χ0n) is 12.1. The number of hydrogen-bond acceptors (Lipinski definition) is 2. The van der Waals surface area contributed by atoms with E-state index < -0.39 is 0 Å². The highest BCUT2D eigenvalue weighted by atomic mass is 35.5. The van der Waals surface area contributed by atoms with Crippen LogP contribution in [-0.4, -0.2) is 6.61 Å². The highest BCUT2D eigenvalue weighted by Gasteiger charge is 1.96. The van der Waals surface area contributed by atoms with E-state index in [9.17, 15) is 0 Å². The zero-order valence-corrected chi connectivity index (χ0v) is 13.0. The van der Waals surface area contributed by atoms with Crippen LogP contribution < -0.4 is 10.1 Å². The first-order valence-electron chi connectivity index (χ1n) is 6.69. The molecule has 0 saturated carbocycles. The van der Waals surface area contributed by atoms with Gasteiger partial charge in [-0.1, -0.05) is 47.9 Å². The Morgan fingerprint density at radius 2 is 1.48 bits per heavy atom. The second kappa shape index (κ2) is 9.07. The summed E-state index contributed by atoms with van der Waals surface area (Å²) in [4.78, 5) is 0. The first-order valence-corrected chi connectivity index (χ1v) is 6.69. The molecule has 21 heavy (non-hydrogen) atoms. The second-order valence-electron chi connectivity index (χ2n) is 4.73. The van der Waals surface area contributed by atoms with Gasteiger partial charge in [0, 0.05) is 13.1 Å². The third-order valence-electron chi connectivity index (χ3n) is 3.02. The fraction of sp³-hybridized carbons (Fsp3) is 0.222. The van der Waals surface area contributed by atoms with Crippen LogP contribution in [0.15, 0.2) is 48.5 Å². The number of rotatable bonds is 6. The number of terminal acetylenes is 1. The molecule has 2 nitrogen and oxygen atoms in total. The summed E-state index contributed by atoms with van der Waals surface area (Å²) < 4.78 is 5.34. The van der Waals surface area contributed by atoms with Gasteiger partial charge >= 0.3 is 0 Å². The number of halogens is 1. The van der Waals surface area contributed by atoms with Gasteiger partial charge in [0.2, 0.25) is 0 Å². The molecule has 0 amide bonds. The molecule has 0 fully saturated rings. The molecule has 0 unspecified atom stereocenters. The van der Waals surface area contributed by atoms with E-state index in [1.165, 1.54) is 16.7 Å². The highest BCUT2D eigenvalue weighted by Crippen LogP contribution is 2.12. The Morgan fingerprint density at radius 3 is 2.00 bits per heavy atom. The summed E-state index contributed by atoms with van der Waals surface area (Å²) >= 11 is 0. The molecule has 3 heteroatoms. The van der Waals surface area contributed by atoms with Gasteiger partial charge in [-0.15, -0.1) is 18.8 Å². The maximum Gasteiger partial charge on any atom is 0.148 e. The van der Waals surface area contributed by atoms with Crippen LogP contribution in [-0.2, 0) is 13.1 Å². The summed E-state index contributed by atoms with van der Waals surface area (Å²) in [6, 6.07) is 16.6. The summed E-state index contributed by atoms with van der Waals surface area (Å²) in [5.41, 5.74) is 3.81. The van der Waals surface area contributed by atoms with Crippen LogP contribution in [0, 0.1) is 19.3 Å². The molecule has 1 N–H and O–H groups in total. The second-order valence-corrected chi connectivity index (χ2v) is 4.73. The van der Waals surface area contributed by atoms with Gasteiger partial charge in [-0.3, -0.25) is 0 Å². The van der Waals surface area contributed by atoms with Crippen molar-refractivity contribution in [1.82, 2.24) is 5.32 Å². The molecule has 0 radical (unpaired) electrons. The molecule has 0 atom stereocenters. The van der Waals surface area contributed by atoms with Crippen molar-refractivity contribution in [2.75, 3.05) is 6.61 Å². The van der Waals surface area contributed by atoms with E-state index in [2.05, 4.69) is 42.4 Å². The SMILES string of the molecule is C#CCOc1ccc(CNCc2ccc(C)cc2)cc1.Cl. The van der Waals surface area contributed by atoms with Crippen molar-refractivity contribution in [1.29, 1.82) is 0 Å². The molecular weight excluding hydrogens is 282 g/mol. The molecular formula is C18H20ClNO. The summed E-state index contributed by atoms with van der Waals surface area (Å²) in [7, 11) is 0. The molecule has 2 aromatic carbocycles. The number of hydrogen-bond donors (Lipinski definition) is 1. The van der Waals surface area contributed by atoms with Crippen LogP contribution in [0.3, 0.4) is 0 Å². The molecule has 0 aliphatic rings. The maximum atomic E-state index is 5.34. The van der Waals surface area contributed by atoms with Crippen molar-refractivity contribution in [2.45, 2.75) is 20.0 Å². The molecule has 0 heterocycles. The predicted octanol–water partition coefficient (Wildman–Crippen LogP) is 3.72.